The first-order valence-corrected chi connectivity index (χ1v) is 7.38. The summed E-state index contributed by atoms with van der Waals surface area (Å²) in [5.41, 5.74) is 0.916. The Morgan fingerprint density at radius 3 is 2.70 bits per heavy atom. The van der Waals surface area contributed by atoms with Crippen molar-refractivity contribution in [1.82, 2.24) is 5.32 Å². The van der Waals surface area contributed by atoms with Crippen LogP contribution in [-0.4, -0.2) is 25.4 Å². The van der Waals surface area contributed by atoms with Gasteiger partial charge in [0.25, 0.3) is 0 Å². The summed E-state index contributed by atoms with van der Waals surface area (Å²) >= 11 is 0. The van der Waals surface area contributed by atoms with Gasteiger partial charge >= 0.3 is 0 Å². The van der Waals surface area contributed by atoms with Crippen molar-refractivity contribution in [2.45, 2.75) is 32.2 Å². The number of benzene rings is 1. The van der Waals surface area contributed by atoms with Crippen molar-refractivity contribution < 1.29 is 14.2 Å². The van der Waals surface area contributed by atoms with Crippen molar-refractivity contribution >= 4 is 0 Å². The fourth-order valence-corrected chi connectivity index (χ4v) is 3.02. The first kappa shape index (κ1) is 15.3. The number of hydrogen-bond acceptors (Lipinski definition) is 3. The molecular weight excluding hydrogens is 257 g/mol. The number of aliphatic hydroxyl groups excluding tert-OH is 1. The van der Waals surface area contributed by atoms with E-state index < -0.39 is 0 Å². The van der Waals surface area contributed by atoms with E-state index >= 15 is 0 Å². The van der Waals surface area contributed by atoms with Crippen LogP contribution in [0.2, 0.25) is 0 Å². The van der Waals surface area contributed by atoms with Crippen molar-refractivity contribution in [3.63, 3.8) is 0 Å². The van der Waals surface area contributed by atoms with Gasteiger partial charge in [0.15, 0.2) is 11.6 Å². The Balaban J connectivity index is 1.81. The van der Waals surface area contributed by atoms with Gasteiger partial charge in [-0.3, -0.25) is 0 Å². The standard InChI is InChI=1S/C16H24FNO2/c1-20-16-7-6-12(8-15(16)17)9-18-10-13-4-2-3-5-14(13)11-19/h6-8,13-14,18-19H,2-5,9-11H2,1H3. The molecule has 2 unspecified atom stereocenters. The zero-order chi connectivity index (χ0) is 14.4. The van der Waals surface area contributed by atoms with Crippen LogP contribution in [-0.2, 0) is 6.54 Å². The molecule has 20 heavy (non-hydrogen) atoms. The van der Waals surface area contributed by atoms with E-state index in [1.165, 1.54) is 32.4 Å². The van der Waals surface area contributed by atoms with Crippen LogP contribution in [0.4, 0.5) is 4.39 Å². The van der Waals surface area contributed by atoms with Crippen LogP contribution in [0.15, 0.2) is 18.2 Å². The smallest absolute Gasteiger partial charge is 0.165 e. The van der Waals surface area contributed by atoms with Crippen molar-refractivity contribution in [2.24, 2.45) is 11.8 Å². The Bertz CT molecular complexity index is 425. The third kappa shape index (κ3) is 3.93. The minimum absolute atomic E-state index is 0.279. The van der Waals surface area contributed by atoms with Gasteiger partial charge in [0.05, 0.1) is 7.11 Å². The Morgan fingerprint density at radius 1 is 1.30 bits per heavy atom. The van der Waals surface area contributed by atoms with Gasteiger partial charge in [-0.15, -0.1) is 0 Å². The molecule has 2 N–H and O–H groups in total. The van der Waals surface area contributed by atoms with Gasteiger partial charge in [0, 0.05) is 13.2 Å². The molecule has 0 bridgehead atoms. The summed E-state index contributed by atoms with van der Waals surface area (Å²) in [6.45, 7) is 1.82. The molecule has 1 aliphatic carbocycles. The topological polar surface area (TPSA) is 41.5 Å². The second kappa shape index (κ2) is 7.60. The van der Waals surface area contributed by atoms with E-state index in [-0.39, 0.29) is 18.2 Å². The maximum atomic E-state index is 13.6. The maximum absolute atomic E-state index is 13.6. The minimum atomic E-state index is -0.322. The molecule has 0 aromatic heterocycles. The van der Waals surface area contributed by atoms with Crippen molar-refractivity contribution in [1.29, 1.82) is 0 Å². The number of hydrogen-bond donors (Lipinski definition) is 2. The number of aliphatic hydroxyl groups is 1. The third-order valence-corrected chi connectivity index (χ3v) is 4.25. The highest BCUT2D eigenvalue weighted by Crippen LogP contribution is 2.29. The van der Waals surface area contributed by atoms with Crippen LogP contribution in [0.25, 0.3) is 0 Å². The summed E-state index contributed by atoms with van der Waals surface area (Å²) in [7, 11) is 1.47. The summed E-state index contributed by atoms with van der Waals surface area (Å²) in [5, 5.41) is 12.8. The molecule has 112 valence electrons. The van der Waals surface area contributed by atoms with E-state index in [9.17, 15) is 9.50 Å². The fraction of sp³-hybridized carbons (Fsp3) is 0.625. The average molecular weight is 281 g/mol. The van der Waals surface area contributed by atoms with Gasteiger partial charge < -0.3 is 15.2 Å². The highest BCUT2D eigenvalue weighted by molar-refractivity contribution is 5.29. The maximum Gasteiger partial charge on any atom is 0.165 e. The molecule has 3 nitrogen and oxygen atoms in total. The van der Waals surface area contributed by atoms with E-state index in [0.717, 1.165) is 18.5 Å². The Morgan fingerprint density at radius 2 is 2.05 bits per heavy atom. The van der Waals surface area contributed by atoms with Gasteiger partial charge in [0.2, 0.25) is 0 Å². The third-order valence-electron chi connectivity index (χ3n) is 4.25. The zero-order valence-corrected chi connectivity index (χ0v) is 12.1. The Kier molecular flexibility index (Phi) is 5.80. The van der Waals surface area contributed by atoms with Crippen LogP contribution >= 0.6 is 0 Å². The SMILES string of the molecule is COc1ccc(CNCC2CCCCC2CO)cc1F. The molecule has 0 amide bonds. The summed E-state index contributed by atoms with van der Waals surface area (Å²) in [6, 6.07) is 5.04. The van der Waals surface area contributed by atoms with Crippen LogP contribution in [0.5, 0.6) is 5.75 Å². The molecule has 0 heterocycles. The fourth-order valence-electron chi connectivity index (χ4n) is 3.02. The molecule has 0 radical (unpaired) electrons. The molecule has 4 heteroatoms. The molecule has 0 spiro atoms. The second-order valence-electron chi connectivity index (χ2n) is 5.59. The molecule has 1 fully saturated rings. The number of halogens is 1. The second-order valence-corrected chi connectivity index (χ2v) is 5.59. The predicted molar refractivity (Wildman–Crippen MR) is 77.2 cm³/mol. The van der Waals surface area contributed by atoms with Gasteiger partial charge in [0.1, 0.15) is 0 Å². The first-order valence-electron chi connectivity index (χ1n) is 7.38. The number of ether oxygens (including phenoxy) is 1. The van der Waals surface area contributed by atoms with Crippen molar-refractivity contribution in [2.75, 3.05) is 20.3 Å². The Hall–Kier alpha value is -1.13. The summed E-state index contributed by atoms with van der Waals surface area (Å²) in [6.07, 6.45) is 4.78. The summed E-state index contributed by atoms with van der Waals surface area (Å²) < 4.78 is 18.5. The van der Waals surface area contributed by atoms with E-state index in [2.05, 4.69) is 5.32 Å². The molecule has 1 aromatic carbocycles. The van der Waals surface area contributed by atoms with E-state index in [0.29, 0.717) is 18.4 Å². The van der Waals surface area contributed by atoms with Gasteiger partial charge in [-0.25, -0.2) is 4.39 Å². The van der Waals surface area contributed by atoms with Crippen LogP contribution in [0.1, 0.15) is 31.2 Å². The van der Waals surface area contributed by atoms with Crippen molar-refractivity contribution in [3.8, 4) is 5.75 Å². The molecule has 1 aliphatic rings. The molecule has 2 atom stereocenters. The van der Waals surface area contributed by atoms with E-state index in [4.69, 9.17) is 4.74 Å². The molecule has 1 saturated carbocycles. The number of rotatable bonds is 6. The van der Waals surface area contributed by atoms with Gasteiger partial charge in [-0.2, -0.15) is 0 Å². The lowest BCUT2D eigenvalue weighted by atomic mass is 9.79. The predicted octanol–water partition coefficient (Wildman–Crippen LogP) is 2.72. The normalized spacial score (nSPS) is 22.8. The van der Waals surface area contributed by atoms with Crippen LogP contribution in [0, 0.1) is 17.7 Å². The molecular formula is C16H24FNO2. The zero-order valence-electron chi connectivity index (χ0n) is 12.1. The molecule has 1 aromatic rings. The van der Waals surface area contributed by atoms with Gasteiger partial charge in [-0.1, -0.05) is 18.9 Å². The van der Waals surface area contributed by atoms with E-state index in [1.807, 2.05) is 6.07 Å². The number of nitrogens with one attached hydrogen (secondary N) is 1. The quantitative estimate of drug-likeness (QED) is 0.842. The van der Waals surface area contributed by atoms with E-state index in [1.54, 1.807) is 6.07 Å². The molecule has 2 rings (SSSR count). The van der Waals surface area contributed by atoms with Gasteiger partial charge in [-0.05, 0) is 48.9 Å². The summed E-state index contributed by atoms with van der Waals surface area (Å²) in [4.78, 5) is 0. The average Bonchev–Trinajstić information content (AvgIpc) is 2.48. The van der Waals surface area contributed by atoms with Crippen molar-refractivity contribution in [3.05, 3.63) is 29.6 Å². The monoisotopic (exact) mass is 281 g/mol. The lowest BCUT2D eigenvalue weighted by molar-refractivity contribution is 0.133. The molecule has 0 aliphatic heterocycles. The minimum Gasteiger partial charge on any atom is -0.494 e. The lowest BCUT2D eigenvalue weighted by Crippen LogP contribution is -2.32. The highest BCUT2D eigenvalue weighted by Gasteiger charge is 2.23. The largest absolute Gasteiger partial charge is 0.494 e. The van der Waals surface area contributed by atoms with Crippen LogP contribution in [0.3, 0.4) is 0 Å². The molecule has 0 saturated heterocycles. The Labute approximate surface area is 120 Å². The number of methoxy groups -OCH3 is 1. The summed E-state index contributed by atoms with van der Waals surface area (Å²) in [5.74, 6) is 0.916. The lowest BCUT2D eigenvalue weighted by Gasteiger charge is -2.30. The first-order chi connectivity index (χ1) is 9.74. The highest BCUT2D eigenvalue weighted by atomic mass is 19.1. The van der Waals surface area contributed by atoms with Crippen LogP contribution < -0.4 is 10.1 Å².